The van der Waals surface area contributed by atoms with Gasteiger partial charge in [0.25, 0.3) is 5.91 Å². The number of amides is 4. The van der Waals surface area contributed by atoms with E-state index in [1.807, 2.05) is 12.2 Å². The molecule has 2 saturated carbocycles. The molecule has 11 nitrogen and oxygen atoms in total. The molecule has 3 fully saturated rings. The van der Waals surface area contributed by atoms with Gasteiger partial charge in [-0.05, 0) is 75.6 Å². The summed E-state index contributed by atoms with van der Waals surface area (Å²) in [6.07, 6.45) is 10.4. The lowest BCUT2D eigenvalue weighted by Gasteiger charge is -2.30. The van der Waals surface area contributed by atoms with Crippen molar-refractivity contribution in [2.75, 3.05) is 11.3 Å². The normalized spacial score (nSPS) is 29.6. The number of nitrogens with one attached hydrogen (secondary N) is 4. The third-order valence-corrected chi connectivity index (χ3v) is 9.43. The number of allylic oxidation sites excluding steroid dienone is 1. The Kier molecular flexibility index (Phi) is 8.60. The molecule has 2 heterocycles. The van der Waals surface area contributed by atoms with Crippen LogP contribution in [0.15, 0.2) is 36.4 Å². The molecule has 1 aromatic rings. The zero-order valence-corrected chi connectivity index (χ0v) is 24.3. The predicted molar refractivity (Wildman–Crippen MR) is 153 cm³/mol. The Morgan fingerprint density at radius 2 is 1.76 bits per heavy atom. The zero-order valence-electron chi connectivity index (χ0n) is 22.7. The van der Waals surface area contributed by atoms with Crippen molar-refractivity contribution in [1.29, 1.82) is 0 Å². The van der Waals surface area contributed by atoms with Gasteiger partial charge in [-0.15, -0.1) is 0 Å². The molecule has 0 bridgehead atoms. The highest BCUT2D eigenvalue weighted by molar-refractivity contribution is 7.91. The summed E-state index contributed by atoms with van der Waals surface area (Å²) in [5, 5.41) is 6.16. The van der Waals surface area contributed by atoms with E-state index in [1.165, 1.54) is 29.2 Å². The molecule has 4 amide bonds. The number of anilines is 1. The van der Waals surface area contributed by atoms with Crippen LogP contribution in [0.3, 0.4) is 0 Å². The predicted octanol–water partition coefficient (Wildman–Crippen LogP) is 2.39. The summed E-state index contributed by atoms with van der Waals surface area (Å²) in [5.41, 5.74) is -1.24. The molecule has 0 unspecified atom stereocenters. The fraction of sp³-hybridized carbons (Fsp3) is 0.571. The van der Waals surface area contributed by atoms with Crippen LogP contribution in [0.2, 0.25) is 5.02 Å². The van der Waals surface area contributed by atoms with Crippen molar-refractivity contribution in [3.8, 4) is 0 Å². The van der Waals surface area contributed by atoms with E-state index in [0.717, 1.165) is 38.5 Å². The molecule has 5 rings (SSSR count). The summed E-state index contributed by atoms with van der Waals surface area (Å²) in [6, 6.07) is 4.44. The summed E-state index contributed by atoms with van der Waals surface area (Å²) < 4.78 is 29.9. The fourth-order valence-corrected chi connectivity index (χ4v) is 6.69. The van der Waals surface area contributed by atoms with Crippen LogP contribution in [0.1, 0.15) is 64.2 Å². The molecule has 222 valence electrons. The first-order chi connectivity index (χ1) is 19.6. The van der Waals surface area contributed by atoms with E-state index in [1.54, 1.807) is 0 Å². The molecule has 0 radical (unpaired) electrons. The van der Waals surface area contributed by atoms with Crippen LogP contribution in [0.5, 0.6) is 0 Å². The Morgan fingerprint density at radius 3 is 2.49 bits per heavy atom. The van der Waals surface area contributed by atoms with Crippen molar-refractivity contribution in [2.24, 2.45) is 11.8 Å². The lowest BCUT2D eigenvalue weighted by molar-refractivity contribution is -0.142. The number of rotatable bonds is 6. The lowest BCUT2D eigenvalue weighted by atomic mass is 10.0. The summed E-state index contributed by atoms with van der Waals surface area (Å²) in [6.45, 7) is 0.370. The number of hydrogen-bond acceptors (Lipinski definition) is 6. The smallest absolute Gasteiger partial charge is 0.323 e. The number of carbonyl (C=O) groups excluding carboxylic acids is 4. The van der Waals surface area contributed by atoms with E-state index < -0.39 is 45.6 Å². The summed E-state index contributed by atoms with van der Waals surface area (Å²) >= 11 is 5.87. The quantitative estimate of drug-likeness (QED) is 0.365. The van der Waals surface area contributed by atoms with Crippen LogP contribution < -0.4 is 20.1 Å². The Labute approximate surface area is 245 Å². The minimum atomic E-state index is -4.31. The van der Waals surface area contributed by atoms with Crippen molar-refractivity contribution >= 4 is 51.1 Å². The first-order valence-corrected chi connectivity index (χ1v) is 16.1. The Hall–Kier alpha value is -3.12. The molecule has 1 saturated heterocycles. The number of fused-ring (bicyclic) bond motifs is 2. The van der Waals surface area contributed by atoms with E-state index in [-0.39, 0.29) is 29.8 Å². The number of carbonyl (C=O) groups is 4. The molecule has 41 heavy (non-hydrogen) atoms. The van der Waals surface area contributed by atoms with Crippen LogP contribution in [0.4, 0.5) is 5.69 Å². The maximum Gasteiger partial charge on any atom is 0.323 e. The molecule has 4 atom stereocenters. The van der Waals surface area contributed by atoms with E-state index >= 15 is 0 Å². The van der Waals surface area contributed by atoms with Gasteiger partial charge < -0.3 is 15.5 Å². The highest BCUT2D eigenvalue weighted by Crippen LogP contribution is 2.45. The molecule has 2 aliphatic carbocycles. The second-order valence-corrected chi connectivity index (χ2v) is 13.3. The average molecular weight is 606 g/mol. The number of hydrogen-bond donors (Lipinski definition) is 4. The van der Waals surface area contributed by atoms with Gasteiger partial charge in [0, 0.05) is 23.4 Å². The molecule has 0 spiro atoms. The van der Waals surface area contributed by atoms with E-state index in [4.69, 9.17) is 11.6 Å². The van der Waals surface area contributed by atoms with Gasteiger partial charge in [-0.3, -0.25) is 23.9 Å². The molecular formula is C28H36ClN5O6S. The minimum Gasteiger partial charge on any atom is -0.344 e. The van der Waals surface area contributed by atoms with Gasteiger partial charge in [0.05, 0.1) is 5.69 Å². The Balaban J connectivity index is 1.33. The summed E-state index contributed by atoms with van der Waals surface area (Å²) in [5.74, 6) is -2.19. The first-order valence-electron chi connectivity index (χ1n) is 14.3. The van der Waals surface area contributed by atoms with E-state index in [0.29, 0.717) is 30.8 Å². The van der Waals surface area contributed by atoms with Gasteiger partial charge in [0.15, 0.2) is 0 Å². The fourth-order valence-electron chi connectivity index (χ4n) is 5.64. The van der Waals surface area contributed by atoms with Crippen LogP contribution in [-0.4, -0.2) is 61.1 Å². The van der Waals surface area contributed by atoms with Crippen LogP contribution in [0.25, 0.3) is 0 Å². The number of halogens is 1. The highest BCUT2D eigenvalue weighted by atomic mass is 35.5. The molecular weight excluding hydrogens is 570 g/mol. The molecule has 4 N–H and O–H groups in total. The van der Waals surface area contributed by atoms with Gasteiger partial charge in [-0.1, -0.05) is 36.6 Å². The third kappa shape index (κ3) is 7.03. The minimum absolute atomic E-state index is 0.0437. The second kappa shape index (κ2) is 12.0. The van der Waals surface area contributed by atoms with Gasteiger partial charge in [-0.2, -0.15) is 8.42 Å². The Morgan fingerprint density at radius 1 is 1.00 bits per heavy atom. The van der Waals surface area contributed by atoms with Gasteiger partial charge in [0.1, 0.15) is 17.6 Å². The van der Waals surface area contributed by atoms with E-state index in [9.17, 15) is 27.6 Å². The molecule has 2 aliphatic heterocycles. The van der Waals surface area contributed by atoms with Crippen molar-refractivity contribution in [3.05, 3.63) is 41.4 Å². The lowest BCUT2D eigenvalue weighted by Crippen LogP contribution is -2.58. The monoisotopic (exact) mass is 605 g/mol. The summed E-state index contributed by atoms with van der Waals surface area (Å²) in [4.78, 5) is 54.7. The highest BCUT2D eigenvalue weighted by Gasteiger charge is 2.61. The molecule has 13 heteroatoms. The summed E-state index contributed by atoms with van der Waals surface area (Å²) in [7, 11) is -4.31. The topological polar surface area (TPSA) is 154 Å². The number of nitrogens with zero attached hydrogens (tertiary/aromatic N) is 1. The Bertz CT molecular complexity index is 1330. The maximum absolute atomic E-state index is 13.6. The van der Waals surface area contributed by atoms with Crippen molar-refractivity contribution in [1.82, 2.24) is 20.3 Å². The van der Waals surface area contributed by atoms with Crippen LogP contribution in [-0.2, 0) is 29.4 Å². The van der Waals surface area contributed by atoms with Crippen molar-refractivity contribution in [2.45, 2.75) is 81.8 Å². The molecule has 4 aliphatic rings. The third-order valence-electron chi connectivity index (χ3n) is 8.22. The SMILES string of the molecule is O=C(N[C@H]1CCCCC/C=C\[C@H]2C[C@@]2(C(=O)NS(=O)(=O)Nc2ccc(Cl)cc2)NC(=O)[C@@H]2CCCN2C1=O)C1CC1. The van der Waals surface area contributed by atoms with Crippen molar-refractivity contribution < 1.29 is 27.6 Å². The largest absolute Gasteiger partial charge is 0.344 e. The van der Waals surface area contributed by atoms with Crippen molar-refractivity contribution in [3.63, 3.8) is 0 Å². The van der Waals surface area contributed by atoms with Gasteiger partial charge >= 0.3 is 10.2 Å². The van der Waals surface area contributed by atoms with Gasteiger partial charge in [-0.25, -0.2) is 4.72 Å². The first kappa shape index (κ1) is 29.4. The van der Waals surface area contributed by atoms with E-state index in [2.05, 4.69) is 20.1 Å². The van der Waals surface area contributed by atoms with Gasteiger partial charge in [0.2, 0.25) is 17.7 Å². The maximum atomic E-state index is 13.6. The van der Waals surface area contributed by atoms with Crippen LogP contribution in [0, 0.1) is 11.8 Å². The molecule has 0 aromatic heterocycles. The number of benzene rings is 1. The standard InChI is InChI=1S/C28H36ClN5O6S/c29-20-12-14-21(15-13-20)32-41(39,40)33-27(38)28-17-19(28)7-4-2-1-3-5-8-22(30-24(35)18-10-11-18)26(37)34-16-6-9-23(34)25(36)31-28/h4,7,12-15,18-19,22-23,32H,1-3,5-6,8-11,16-17H2,(H,30,35)(H,31,36)(H,33,38)/b7-4-/t19-,22-,23-,28+/m0/s1. The second-order valence-electron chi connectivity index (χ2n) is 11.4. The average Bonchev–Trinajstić information content (AvgIpc) is 3.84. The zero-order chi connectivity index (χ0) is 29.2. The van der Waals surface area contributed by atoms with Crippen LogP contribution >= 0.6 is 11.6 Å². The molecule has 1 aromatic carbocycles.